The van der Waals surface area contributed by atoms with E-state index < -0.39 is 6.04 Å². The van der Waals surface area contributed by atoms with Crippen LogP contribution in [0.2, 0.25) is 0 Å². The number of aromatic amines is 1. The number of rotatable bonds is 5. The zero-order valence-electron chi connectivity index (χ0n) is 13.5. The van der Waals surface area contributed by atoms with E-state index in [0.29, 0.717) is 12.8 Å². The van der Waals surface area contributed by atoms with Crippen molar-refractivity contribution in [3.05, 3.63) is 36.0 Å². The second-order valence-corrected chi connectivity index (χ2v) is 6.18. The maximum absolute atomic E-state index is 12.2. The van der Waals surface area contributed by atoms with E-state index in [9.17, 15) is 9.59 Å². The largest absolute Gasteiger partial charge is 0.361 e. The van der Waals surface area contributed by atoms with Crippen molar-refractivity contribution in [1.82, 2.24) is 15.2 Å². The number of hydrogen-bond donors (Lipinski definition) is 2. The molecule has 0 spiro atoms. The number of aryl methyl sites for hydroxylation is 1. The Hall–Kier alpha value is -2.30. The summed E-state index contributed by atoms with van der Waals surface area (Å²) in [5.41, 5.74) is 2.22. The van der Waals surface area contributed by atoms with Crippen LogP contribution in [0.3, 0.4) is 0 Å². The van der Waals surface area contributed by atoms with Gasteiger partial charge in [-0.15, -0.1) is 0 Å². The molecule has 0 saturated carbocycles. The van der Waals surface area contributed by atoms with E-state index in [-0.39, 0.29) is 11.8 Å². The molecule has 5 nitrogen and oxygen atoms in total. The monoisotopic (exact) mass is 313 g/mol. The average Bonchev–Trinajstić information content (AvgIpc) is 3.22. The van der Waals surface area contributed by atoms with Crippen molar-refractivity contribution in [2.75, 3.05) is 13.1 Å². The highest BCUT2D eigenvalue weighted by atomic mass is 16.2. The molecule has 122 valence electrons. The number of amides is 2. The number of likely N-dealkylation sites (tertiary alicyclic amines) is 1. The molecule has 1 aliphatic heterocycles. The van der Waals surface area contributed by atoms with Gasteiger partial charge in [0.1, 0.15) is 6.04 Å². The van der Waals surface area contributed by atoms with Crippen LogP contribution in [0, 0.1) is 0 Å². The van der Waals surface area contributed by atoms with E-state index >= 15 is 0 Å². The van der Waals surface area contributed by atoms with Crippen molar-refractivity contribution < 1.29 is 9.59 Å². The minimum atomic E-state index is -0.441. The fourth-order valence-electron chi connectivity index (χ4n) is 3.17. The van der Waals surface area contributed by atoms with Crippen LogP contribution < -0.4 is 5.32 Å². The molecule has 1 aromatic carbocycles. The Morgan fingerprint density at radius 1 is 1.26 bits per heavy atom. The molecule has 3 rings (SSSR count). The van der Waals surface area contributed by atoms with Crippen molar-refractivity contribution >= 4 is 22.7 Å². The number of carbonyl (C=O) groups is 2. The standard InChI is InChI=1S/C18H23N3O2/c1-13(18(23)21-10-4-5-11-21)20-17(22)9-8-14-12-19-16-7-3-2-6-15(14)16/h2-3,6-7,12-13,19H,4-5,8-11H2,1H3,(H,20,22). The number of H-pyrrole nitrogens is 1. The lowest BCUT2D eigenvalue weighted by molar-refractivity contribution is -0.135. The number of benzene rings is 1. The fourth-order valence-corrected chi connectivity index (χ4v) is 3.17. The number of aromatic nitrogens is 1. The average molecular weight is 313 g/mol. The Morgan fingerprint density at radius 2 is 2.00 bits per heavy atom. The van der Waals surface area contributed by atoms with Crippen molar-refractivity contribution in [1.29, 1.82) is 0 Å². The molecule has 1 fully saturated rings. The highest BCUT2D eigenvalue weighted by Crippen LogP contribution is 2.19. The van der Waals surface area contributed by atoms with Crippen LogP contribution in [-0.4, -0.2) is 40.8 Å². The fraction of sp³-hybridized carbons (Fsp3) is 0.444. The summed E-state index contributed by atoms with van der Waals surface area (Å²) in [6.07, 6.45) is 5.14. The normalized spacial score (nSPS) is 15.8. The minimum absolute atomic E-state index is 0.0305. The number of nitrogens with one attached hydrogen (secondary N) is 2. The second kappa shape index (κ2) is 6.86. The van der Waals surface area contributed by atoms with Gasteiger partial charge in [-0.1, -0.05) is 18.2 Å². The van der Waals surface area contributed by atoms with Gasteiger partial charge in [0.05, 0.1) is 0 Å². The molecule has 0 radical (unpaired) electrons. The van der Waals surface area contributed by atoms with Crippen LogP contribution >= 0.6 is 0 Å². The molecule has 2 N–H and O–H groups in total. The lowest BCUT2D eigenvalue weighted by Crippen LogP contribution is -2.46. The predicted octanol–water partition coefficient (Wildman–Crippen LogP) is 2.23. The molecule has 1 aliphatic rings. The molecule has 0 aliphatic carbocycles. The Morgan fingerprint density at radius 3 is 2.78 bits per heavy atom. The molecule has 1 aromatic heterocycles. The third-order valence-electron chi connectivity index (χ3n) is 4.46. The zero-order chi connectivity index (χ0) is 16.2. The van der Waals surface area contributed by atoms with Gasteiger partial charge in [-0.3, -0.25) is 9.59 Å². The van der Waals surface area contributed by atoms with Crippen molar-refractivity contribution in [3.8, 4) is 0 Å². The third kappa shape index (κ3) is 3.55. The first-order chi connectivity index (χ1) is 11.1. The summed E-state index contributed by atoms with van der Waals surface area (Å²) in [6, 6.07) is 7.62. The maximum Gasteiger partial charge on any atom is 0.244 e. The first-order valence-electron chi connectivity index (χ1n) is 8.28. The van der Waals surface area contributed by atoms with Gasteiger partial charge in [-0.25, -0.2) is 0 Å². The van der Waals surface area contributed by atoms with Crippen molar-refractivity contribution in [3.63, 3.8) is 0 Å². The number of para-hydroxylation sites is 1. The molecule has 2 aromatic rings. The molecular formula is C18H23N3O2. The van der Waals surface area contributed by atoms with Gasteiger partial charge in [0.2, 0.25) is 11.8 Å². The molecule has 1 saturated heterocycles. The van der Waals surface area contributed by atoms with Gasteiger partial charge in [0.15, 0.2) is 0 Å². The number of carbonyl (C=O) groups excluding carboxylic acids is 2. The molecule has 0 bridgehead atoms. The van der Waals surface area contributed by atoms with E-state index in [2.05, 4.69) is 16.4 Å². The van der Waals surface area contributed by atoms with E-state index in [1.807, 2.05) is 29.3 Å². The molecular weight excluding hydrogens is 290 g/mol. The predicted molar refractivity (Wildman–Crippen MR) is 90.0 cm³/mol. The highest BCUT2D eigenvalue weighted by molar-refractivity contribution is 5.88. The van der Waals surface area contributed by atoms with Gasteiger partial charge >= 0.3 is 0 Å². The molecule has 1 unspecified atom stereocenters. The molecule has 2 heterocycles. The molecule has 2 amide bonds. The minimum Gasteiger partial charge on any atom is -0.361 e. The van der Waals surface area contributed by atoms with Gasteiger partial charge in [0, 0.05) is 36.6 Å². The number of fused-ring (bicyclic) bond motifs is 1. The summed E-state index contributed by atoms with van der Waals surface area (Å²) in [5.74, 6) is -0.0433. The third-order valence-corrected chi connectivity index (χ3v) is 4.46. The summed E-state index contributed by atoms with van der Waals surface area (Å²) in [6.45, 7) is 3.40. The van der Waals surface area contributed by atoms with Gasteiger partial charge in [-0.05, 0) is 37.8 Å². The molecule has 5 heteroatoms. The first kappa shape index (κ1) is 15.6. The van der Waals surface area contributed by atoms with Crippen molar-refractivity contribution in [2.24, 2.45) is 0 Å². The Kier molecular flexibility index (Phi) is 4.65. The lowest BCUT2D eigenvalue weighted by Gasteiger charge is -2.21. The van der Waals surface area contributed by atoms with Crippen molar-refractivity contribution in [2.45, 2.75) is 38.6 Å². The Bertz CT molecular complexity index is 701. The van der Waals surface area contributed by atoms with Gasteiger partial charge in [-0.2, -0.15) is 0 Å². The Balaban J connectivity index is 1.52. The Labute approximate surface area is 136 Å². The van der Waals surface area contributed by atoms with Gasteiger partial charge in [0.25, 0.3) is 0 Å². The second-order valence-electron chi connectivity index (χ2n) is 6.18. The molecule has 1 atom stereocenters. The zero-order valence-corrected chi connectivity index (χ0v) is 13.5. The maximum atomic E-state index is 12.2. The smallest absolute Gasteiger partial charge is 0.244 e. The topological polar surface area (TPSA) is 65.2 Å². The highest BCUT2D eigenvalue weighted by Gasteiger charge is 2.24. The van der Waals surface area contributed by atoms with Gasteiger partial charge < -0.3 is 15.2 Å². The number of nitrogens with zero attached hydrogens (tertiary/aromatic N) is 1. The lowest BCUT2D eigenvalue weighted by atomic mass is 10.1. The molecule has 23 heavy (non-hydrogen) atoms. The quantitative estimate of drug-likeness (QED) is 0.889. The first-order valence-corrected chi connectivity index (χ1v) is 8.28. The van der Waals surface area contributed by atoms with Crippen LogP contribution in [-0.2, 0) is 16.0 Å². The van der Waals surface area contributed by atoms with E-state index in [1.54, 1.807) is 6.92 Å². The van der Waals surface area contributed by atoms with E-state index in [1.165, 1.54) is 0 Å². The van der Waals surface area contributed by atoms with Crippen LogP contribution in [0.25, 0.3) is 10.9 Å². The van der Waals surface area contributed by atoms with Crippen LogP contribution in [0.4, 0.5) is 0 Å². The SMILES string of the molecule is CC(NC(=O)CCc1c[nH]c2ccccc12)C(=O)N1CCCC1. The van der Waals surface area contributed by atoms with E-state index in [0.717, 1.165) is 42.4 Å². The number of hydrogen-bond acceptors (Lipinski definition) is 2. The van der Waals surface area contributed by atoms with Crippen LogP contribution in [0.5, 0.6) is 0 Å². The summed E-state index contributed by atoms with van der Waals surface area (Å²) in [4.78, 5) is 29.4. The van der Waals surface area contributed by atoms with Crippen LogP contribution in [0.1, 0.15) is 31.7 Å². The summed E-state index contributed by atoms with van der Waals surface area (Å²) < 4.78 is 0. The van der Waals surface area contributed by atoms with Crippen LogP contribution in [0.15, 0.2) is 30.5 Å². The summed E-state index contributed by atoms with van der Waals surface area (Å²) in [7, 11) is 0. The summed E-state index contributed by atoms with van der Waals surface area (Å²) >= 11 is 0. The van der Waals surface area contributed by atoms with E-state index in [4.69, 9.17) is 0 Å². The summed E-state index contributed by atoms with van der Waals surface area (Å²) in [5, 5.41) is 3.98.